The molecule has 1 aromatic carbocycles. The van der Waals surface area contributed by atoms with Crippen LogP contribution < -0.4 is 16.6 Å². The number of fused-ring (bicyclic) bond motifs is 1. The van der Waals surface area contributed by atoms with Crippen molar-refractivity contribution >= 4 is 50.8 Å². The number of H-pyrrole nitrogens is 1. The number of primary amides is 1. The summed E-state index contributed by atoms with van der Waals surface area (Å²) in [4.78, 5) is 44.1. The number of nitrogens with one attached hydrogen (secondary N) is 2. The van der Waals surface area contributed by atoms with E-state index in [1.54, 1.807) is 26.0 Å². The zero-order chi connectivity index (χ0) is 18.8. The molecule has 2 heterocycles. The molecule has 7 nitrogen and oxygen atoms in total. The molecule has 0 spiro atoms. The zero-order valence-electron chi connectivity index (χ0n) is 14.0. The number of nitrogens with zero attached hydrogens (tertiary/aromatic N) is 1. The number of hydrogen-bond acceptors (Lipinski definition) is 6. The van der Waals surface area contributed by atoms with E-state index in [1.807, 2.05) is 18.2 Å². The molecule has 9 heteroatoms. The highest BCUT2D eigenvalue weighted by Gasteiger charge is 2.20. The third kappa shape index (κ3) is 3.63. The van der Waals surface area contributed by atoms with Gasteiger partial charge < -0.3 is 16.0 Å². The molecule has 0 fully saturated rings. The Morgan fingerprint density at radius 3 is 2.65 bits per heavy atom. The van der Waals surface area contributed by atoms with Crippen LogP contribution in [0.2, 0.25) is 0 Å². The van der Waals surface area contributed by atoms with E-state index in [9.17, 15) is 14.4 Å². The molecule has 0 radical (unpaired) electrons. The lowest BCUT2D eigenvalue weighted by atomic mass is 10.2. The molecule has 2 aromatic heterocycles. The van der Waals surface area contributed by atoms with E-state index in [0.717, 1.165) is 23.1 Å². The molecule has 2 amide bonds. The molecule has 0 saturated carbocycles. The molecule has 0 aliphatic rings. The van der Waals surface area contributed by atoms with Gasteiger partial charge in [0.05, 0.1) is 15.5 Å². The van der Waals surface area contributed by atoms with Gasteiger partial charge in [-0.1, -0.05) is 30.0 Å². The summed E-state index contributed by atoms with van der Waals surface area (Å²) in [6.07, 6.45) is 0. The Bertz CT molecular complexity index is 1040. The minimum absolute atomic E-state index is 0.296. The van der Waals surface area contributed by atoms with Gasteiger partial charge in [-0.15, -0.1) is 11.3 Å². The van der Waals surface area contributed by atoms with E-state index in [-0.39, 0.29) is 11.5 Å². The first kappa shape index (κ1) is 18.2. The van der Waals surface area contributed by atoms with Crippen molar-refractivity contribution in [2.45, 2.75) is 24.3 Å². The SMILES string of the molecule is Cc1c(C(=O)Nc2ccccc2)sc2nc(SC(C)C(N)=O)[nH]c(=O)c12. The standard InChI is InChI=1S/C17H16N4O3S2/c1-8-11-14(23)20-17(25-9(2)13(18)22)21-16(11)26-12(8)15(24)19-10-6-4-3-5-7-10/h3-7,9H,1-2H3,(H2,18,22)(H,19,24)(H,20,21,23). The van der Waals surface area contributed by atoms with Gasteiger partial charge in [-0.25, -0.2) is 4.98 Å². The van der Waals surface area contributed by atoms with E-state index in [1.165, 1.54) is 0 Å². The normalized spacial score (nSPS) is 12.1. The molecule has 0 aliphatic carbocycles. The maximum atomic E-state index is 12.6. The average Bonchev–Trinajstić information content (AvgIpc) is 2.93. The molecule has 4 N–H and O–H groups in total. The summed E-state index contributed by atoms with van der Waals surface area (Å²) in [6.45, 7) is 3.35. The summed E-state index contributed by atoms with van der Waals surface area (Å²) < 4.78 is 0. The fraction of sp³-hybridized carbons (Fsp3) is 0.176. The van der Waals surface area contributed by atoms with Gasteiger partial charge in [0.15, 0.2) is 5.16 Å². The number of anilines is 1. The summed E-state index contributed by atoms with van der Waals surface area (Å²) in [5.41, 5.74) is 6.15. The molecular weight excluding hydrogens is 372 g/mol. The van der Waals surface area contributed by atoms with Gasteiger partial charge in [0, 0.05) is 5.69 Å². The van der Waals surface area contributed by atoms with Crippen LogP contribution in [0, 0.1) is 6.92 Å². The van der Waals surface area contributed by atoms with Gasteiger partial charge in [-0.05, 0) is 31.5 Å². The second-order valence-corrected chi connectivity index (χ2v) is 7.92. The highest BCUT2D eigenvalue weighted by atomic mass is 32.2. The van der Waals surface area contributed by atoms with Crippen molar-refractivity contribution in [3.05, 3.63) is 51.1 Å². The minimum atomic E-state index is -0.530. The van der Waals surface area contributed by atoms with Crippen molar-refractivity contribution in [3.63, 3.8) is 0 Å². The number of aryl methyl sites for hydroxylation is 1. The van der Waals surface area contributed by atoms with Crippen LogP contribution in [0.4, 0.5) is 5.69 Å². The predicted molar refractivity (Wildman–Crippen MR) is 104 cm³/mol. The van der Waals surface area contributed by atoms with Gasteiger partial charge in [-0.3, -0.25) is 14.4 Å². The van der Waals surface area contributed by atoms with Gasteiger partial charge >= 0.3 is 0 Å². The third-order valence-corrected chi connectivity index (χ3v) is 5.89. The number of aromatic nitrogens is 2. The van der Waals surface area contributed by atoms with Gasteiger partial charge in [-0.2, -0.15) is 0 Å². The molecule has 0 aliphatic heterocycles. The van der Waals surface area contributed by atoms with E-state index >= 15 is 0 Å². The van der Waals surface area contributed by atoms with E-state index in [0.29, 0.717) is 31.5 Å². The number of aromatic amines is 1. The minimum Gasteiger partial charge on any atom is -0.369 e. The van der Waals surface area contributed by atoms with Crippen molar-refractivity contribution in [2.24, 2.45) is 5.73 Å². The molecule has 0 saturated heterocycles. The summed E-state index contributed by atoms with van der Waals surface area (Å²) in [6, 6.07) is 9.07. The molecule has 0 bridgehead atoms. The van der Waals surface area contributed by atoms with Gasteiger partial charge in [0.2, 0.25) is 5.91 Å². The van der Waals surface area contributed by atoms with Crippen molar-refractivity contribution in [1.82, 2.24) is 9.97 Å². The first-order valence-corrected chi connectivity index (χ1v) is 9.42. The van der Waals surface area contributed by atoms with Crippen LogP contribution in [0.1, 0.15) is 22.2 Å². The van der Waals surface area contributed by atoms with Crippen LogP contribution in [0.15, 0.2) is 40.3 Å². The number of para-hydroxylation sites is 1. The summed E-state index contributed by atoms with van der Waals surface area (Å²) in [7, 11) is 0. The van der Waals surface area contributed by atoms with Crippen LogP contribution in [-0.2, 0) is 4.79 Å². The lowest BCUT2D eigenvalue weighted by Gasteiger charge is -2.05. The first-order valence-electron chi connectivity index (χ1n) is 7.72. The fourth-order valence-corrected chi connectivity index (χ4v) is 4.21. The Hall–Kier alpha value is -2.65. The van der Waals surface area contributed by atoms with E-state index < -0.39 is 11.2 Å². The number of carbonyl (C=O) groups is 2. The van der Waals surface area contributed by atoms with E-state index in [2.05, 4.69) is 15.3 Å². The van der Waals surface area contributed by atoms with Crippen LogP contribution in [0.25, 0.3) is 10.2 Å². The van der Waals surface area contributed by atoms with Crippen molar-refractivity contribution in [3.8, 4) is 0 Å². The lowest BCUT2D eigenvalue weighted by Crippen LogP contribution is -2.23. The predicted octanol–water partition coefficient (Wildman–Crippen LogP) is 2.51. The molecular formula is C17H16N4O3S2. The maximum Gasteiger partial charge on any atom is 0.266 e. The molecule has 3 rings (SSSR count). The Morgan fingerprint density at radius 2 is 2.00 bits per heavy atom. The Labute approximate surface area is 157 Å². The molecule has 134 valence electrons. The number of rotatable bonds is 5. The monoisotopic (exact) mass is 388 g/mol. The van der Waals surface area contributed by atoms with Crippen LogP contribution in [-0.4, -0.2) is 27.0 Å². The lowest BCUT2D eigenvalue weighted by molar-refractivity contribution is -0.117. The van der Waals surface area contributed by atoms with Gasteiger partial charge in [0.1, 0.15) is 4.83 Å². The van der Waals surface area contributed by atoms with Crippen LogP contribution >= 0.6 is 23.1 Å². The topological polar surface area (TPSA) is 118 Å². The Kier molecular flexibility index (Phi) is 5.10. The second kappa shape index (κ2) is 7.30. The first-order chi connectivity index (χ1) is 12.4. The van der Waals surface area contributed by atoms with Crippen molar-refractivity contribution in [1.29, 1.82) is 0 Å². The summed E-state index contributed by atoms with van der Waals surface area (Å²) in [5.74, 6) is -0.793. The zero-order valence-corrected chi connectivity index (χ0v) is 15.7. The third-order valence-electron chi connectivity index (χ3n) is 3.71. The largest absolute Gasteiger partial charge is 0.369 e. The number of hydrogen-bond donors (Lipinski definition) is 3. The number of benzene rings is 1. The average molecular weight is 388 g/mol. The molecule has 26 heavy (non-hydrogen) atoms. The summed E-state index contributed by atoms with van der Waals surface area (Å²) in [5, 5.41) is 2.95. The number of amides is 2. The smallest absolute Gasteiger partial charge is 0.266 e. The fourth-order valence-electron chi connectivity index (χ4n) is 2.33. The Morgan fingerprint density at radius 1 is 1.31 bits per heavy atom. The van der Waals surface area contributed by atoms with E-state index in [4.69, 9.17) is 5.73 Å². The van der Waals surface area contributed by atoms with Crippen LogP contribution in [0.3, 0.4) is 0 Å². The second-order valence-electron chi connectivity index (χ2n) is 5.59. The van der Waals surface area contributed by atoms with Crippen molar-refractivity contribution in [2.75, 3.05) is 5.32 Å². The number of thioether (sulfide) groups is 1. The highest BCUT2D eigenvalue weighted by molar-refractivity contribution is 8.00. The maximum absolute atomic E-state index is 12.6. The number of nitrogens with two attached hydrogens (primary N) is 1. The Balaban J connectivity index is 1.97. The van der Waals surface area contributed by atoms with Crippen LogP contribution in [0.5, 0.6) is 0 Å². The highest BCUT2D eigenvalue weighted by Crippen LogP contribution is 2.29. The summed E-state index contributed by atoms with van der Waals surface area (Å²) >= 11 is 2.21. The quantitative estimate of drug-likeness (QED) is 0.458. The molecule has 1 atom stereocenters. The molecule has 3 aromatic rings. The van der Waals surface area contributed by atoms with Crippen molar-refractivity contribution < 1.29 is 9.59 Å². The van der Waals surface area contributed by atoms with Gasteiger partial charge in [0.25, 0.3) is 11.5 Å². The number of thiophene rings is 1. The molecule has 1 unspecified atom stereocenters. The number of carbonyl (C=O) groups excluding carboxylic acids is 2.